The average Bonchev–Trinajstić information content (AvgIpc) is 2.38. The summed E-state index contributed by atoms with van der Waals surface area (Å²) >= 11 is 1.67. The molecule has 92 valence electrons. The lowest BCUT2D eigenvalue weighted by Gasteiger charge is -2.15. The fourth-order valence-electron chi connectivity index (χ4n) is 1.56. The third-order valence-corrected chi connectivity index (χ3v) is 3.33. The first-order valence-electron chi connectivity index (χ1n) is 5.14. The van der Waals surface area contributed by atoms with Crippen molar-refractivity contribution in [2.45, 2.75) is 46.0 Å². The fourth-order valence-corrected chi connectivity index (χ4v) is 2.51. The van der Waals surface area contributed by atoms with Crippen LogP contribution in [0.15, 0.2) is 6.07 Å². The molecule has 0 amide bonds. The maximum Gasteiger partial charge on any atom is 0.390 e. The Bertz CT molecular complexity index is 343. The number of hydrogen-bond donors (Lipinski definition) is 1. The van der Waals surface area contributed by atoms with Gasteiger partial charge in [-0.25, -0.2) is 0 Å². The molecule has 1 rings (SSSR count). The third kappa shape index (κ3) is 4.53. The van der Waals surface area contributed by atoms with Crippen molar-refractivity contribution in [2.24, 2.45) is 0 Å². The lowest BCUT2D eigenvalue weighted by atomic mass is 10.2. The smallest absolute Gasteiger partial charge is 0.310 e. The van der Waals surface area contributed by atoms with Crippen molar-refractivity contribution in [1.82, 2.24) is 5.32 Å². The van der Waals surface area contributed by atoms with Gasteiger partial charge >= 0.3 is 6.18 Å². The molecule has 0 fully saturated rings. The van der Waals surface area contributed by atoms with E-state index in [2.05, 4.69) is 5.32 Å². The minimum absolute atomic E-state index is 0.507. The summed E-state index contributed by atoms with van der Waals surface area (Å²) in [5, 5.41) is 2.90. The Kier molecular flexibility index (Phi) is 4.38. The molecule has 0 spiro atoms. The highest BCUT2D eigenvalue weighted by atomic mass is 32.1. The van der Waals surface area contributed by atoms with Crippen LogP contribution in [0.25, 0.3) is 0 Å². The van der Waals surface area contributed by atoms with Crippen LogP contribution in [0.1, 0.15) is 28.7 Å². The van der Waals surface area contributed by atoms with Crippen LogP contribution in [0.3, 0.4) is 0 Å². The normalized spacial score (nSPS) is 14.1. The van der Waals surface area contributed by atoms with Crippen LogP contribution in [0.4, 0.5) is 13.2 Å². The predicted octanol–water partition coefficient (Wildman–Crippen LogP) is 3.80. The van der Waals surface area contributed by atoms with Crippen molar-refractivity contribution >= 4 is 11.3 Å². The highest BCUT2D eigenvalue weighted by Gasteiger charge is 2.29. The van der Waals surface area contributed by atoms with Crippen molar-refractivity contribution < 1.29 is 13.2 Å². The van der Waals surface area contributed by atoms with E-state index in [0.717, 1.165) is 5.56 Å². The van der Waals surface area contributed by atoms with Crippen molar-refractivity contribution in [3.8, 4) is 0 Å². The number of aryl methyl sites for hydroxylation is 2. The monoisotopic (exact) mass is 251 g/mol. The van der Waals surface area contributed by atoms with Gasteiger partial charge in [-0.3, -0.25) is 0 Å². The Labute approximate surface area is 97.7 Å². The van der Waals surface area contributed by atoms with Crippen molar-refractivity contribution in [3.05, 3.63) is 21.4 Å². The van der Waals surface area contributed by atoms with E-state index in [-0.39, 0.29) is 0 Å². The van der Waals surface area contributed by atoms with Crippen LogP contribution in [-0.2, 0) is 6.54 Å². The topological polar surface area (TPSA) is 12.0 Å². The second-order valence-corrected chi connectivity index (χ2v) is 5.50. The molecule has 16 heavy (non-hydrogen) atoms. The minimum Gasteiger partial charge on any atom is -0.310 e. The summed E-state index contributed by atoms with van der Waals surface area (Å²) in [5.41, 5.74) is 1.09. The molecule has 0 bridgehead atoms. The molecule has 0 aromatic carbocycles. The molecule has 1 N–H and O–H groups in total. The number of rotatable bonds is 4. The minimum atomic E-state index is -4.09. The van der Waals surface area contributed by atoms with Gasteiger partial charge in [-0.05, 0) is 32.4 Å². The van der Waals surface area contributed by atoms with E-state index in [1.807, 2.05) is 19.9 Å². The largest absolute Gasteiger partial charge is 0.390 e. The molecule has 0 saturated carbocycles. The fraction of sp³-hybridized carbons (Fsp3) is 0.636. The summed E-state index contributed by atoms with van der Waals surface area (Å²) in [6, 6.07) is 1.48. The Morgan fingerprint density at radius 2 is 2.00 bits per heavy atom. The van der Waals surface area contributed by atoms with Gasteiger partial charge in [0, 0.05) is 22.3 Å². The quantitative estimate of drug-likeness (QED) is 0.858. The Morgan fingerprint density at radius 1 is 1.38 bits per heavy atom. The predicted molar refractivity (Wildman–Crippen MR) is 60.8 cm³/mol. The van der Waals surface area contributed by atoms with Gasteiger partial charge in [0.2, 0.25) is 0 Å². The second-order valence-electron chi connectivity index (χ2n) is 4.04. The van der Waals surface area contributed by atoms with Gasteiger partial charge in [-0.2, -0.15) is 13.2 Å². The zero-order chi connectivity index (χ0) is 12.3. The molecule has 0 aliphatic carbocycles. The SMILES string of the molecule is Cc1cc(CNC(C)CC(F)(F)F)c(C)s1. The second kappa shape index (κ2) is 5.19. The molecule has 1 heterocycles. The Hall–Kier alpha value is -0.550. The highest BCUT2D eigenvalue weighted by molar-refractivity contribution is 7.12. The van der Waals surface area contributed by atoms with Gasteiger partial charge in [-0.1, -0.05) is 0 Å². The van der Waals surface area contributed by atoms with E-state index in [9.17, 15) is 13.2 Å². The molecule has 1 unspecified atom stereocenters. The first-order valence-corrected chi connectivity index (χ1v) is 5.95. The van der Waals surface area contributed by atoms with Crippen LogP contribution in [-0.4, -0.2) is 12.2 Å². The molecule has 0 saturated heterocycles. The summed E-state index contributed by atoms with van der Waals surface area (Å²) in [7, 11) is 0. The Morgan fingerprint density at radius 3 is 2.44 bits per heavy atom. The molecule has 0 aliphatic rings. The standard InChI is InChI=1S/C11H16F3NS/c1-7(5-11(12,13)14)15-6-10-4-8(2)16-9(10)3/h4,7,15H,5-6H2,1-3H3. The maximum atomic E-state index is 12.1. The number of thiophene rings is 1. The lowest BCUT2D eigenvalue weighted by Crippen LogP contribution is -2.30. The first-order chi connectivity index (χ1) is 7.28. The lowest BCUT2D eigenvalue weighted by molar-refractivity contribution is -0.139. The molecule has 1 aromatic rings. The van der Waals surface area contributed by atoms with Crippen LogP contribution < -0.4 is 5.32 Å². The molecule has 0 aliphatic heterocycles. The van der Waals surface area contributed by atoms with E-state index in [0.29, 0.717) is 6.54 Å². The third-order valence-electron chi connectivity index (χ3n) is 2.32. The van der Waals surface area contributed by atoms with Gasteiger partial charge in [0.1, 0.15) is 0 Å². The zero-order valence-electron chi connectivity index (χ0n) is 9.61. The van der Waals surface area contributed by atoms with Gasteiger partial charge in [-0.15, -0.1) is 11.3 Å². The van der Waals surface area contributed by atoms with Crippen LogP contribution in [0.2, 0.25) is 0 Å². The van der Waals surface area contributed by atoms with Crippen molar-refractivity contribution in [1.29, 1.82) is 0 Å². The molecule has 0 radical (unpaired) electrons. The summed E-state index contributed by atoms with van der Waals surface area (Å²) < 4.78 is 36.2. The molecule has 5 heteroatoms. The zero-order valence-corrected chi connectivity index (χ0v) is 10.4. The summed E-state index contributed by atoms with van der Waals surface area (Å²) in [4.78, 5) is 2.36. The van der Waals surface area contributed by atoms with Gasteiger partial charge in [0.15, 0.2) is 0 Å². The molecular weight excluding hydrogens is 235 g/mol. The average molecular weight is 251 g/mol. The van der Waals surface area contributed by atoms with E-state index >= 15 is 0 Å². The van der Waals surface area contributed by atoms with E-state index in [4.69, 9.17) is 0 Å². The summed E-state index contributed by atoms with van der Waals surface area (Å²) in [6.07, 6.45) is -4.87. The summed E-state index contributed by atoms with van der Waals surface area (Å²) in [5.74, 6) is 0. The van der Waals surface area contributed by atoms with E-state index in [1.54, 1.807) is 18.3 Å². The van der Waals surface area contributed by atoms with Gasteiger partial charge in [0.25, 0.3) is 0 Å². The number of hydrogen-bond acceptors (Lipinski definition) is 2. The van der Waals surface area contributed by atoms with Gasteiger partial charge < -0.3 is 5.32 Å². The highest BCUT2D eigenvalue weighted by Crippen LogP contribution is 2.23. The first kappa shape index (κ1) is 13.5. The van der Waals surface area contributed by atoms with E-state index < -0.39 is 18.6 Å². The van der Waals surface area contributed by atoms with Crippen LogP contribution in [0, 0.1) is 13.8 Å². The number of halogens is 3. The molecule has 1 aromatic heterocycles. The van der Waals surface area contributed by atoms with Crippen LogP contribution >= 0.6 is 11.3 Å². The van der Waals surface area contributed by atoms with Crippen molar-refractivity contribution in [3.63, 3.8) is 0 Å². The molecule has 1 atom stereocenters. The molecular formula is C11H16F3NS. The van der Waals surface area contributed by atoms with Gasteiger partial charge in [0.05, 0.1) is 6.42 Å². The van der Waals surface area contributed by atoms with Crippen molar-refractivity contribution in [2.75, 3.05) is 0 Å². The maximum absolute atomic E-state index is 12.1. The number of nitrogens with one attached hydrogen (secondary N) is 1. The number of alkyl halides is 3. The Balaban J connectivity index is 2.43. The molecule has 1 nitrogen and oxygen atoms in total. The van der Waals surface area contributed by atoms with Crippen LogP contribution in [0.5, 0.6) is 0 Å². The van der Waals surface area contributed by atoms with E-state index in [1.165, 1.54) is 9.75 Å². The summed E-state index contributed by atoms with van der Waals surface area (Å²) in [6.45, 7) is 6.05.